The van der Waals surface area contributed by atoms with Gasteiger partial charge in [-0.05, 0) is 25.7 Å². The van der Waals surface area contributed by atoms with Crippen LogP contribution in [0.5, 0.6) is 0 Å². The van der Waals surface area contributed by atoms with Crippen molar-refractivity contribution in [2.24, 2.45) is 5.92 Å². The third kappa shape index (κ3) is 6.28. The van der Waals surface area contributed by atoms with Crippen molar-refractivity contribution in [1.82, 2.24) is 0 Å². The van der Waals surface area contributed by atoms with Crippen LogP contribution in [0.3, 0.4) is 0 Å². The maximum absolute atomic E-state index is 11.8. The van der Waals surface area contributed by atoms with Crippen LogP contribution in [0.1, 0.15) is 45.4 Å². The zero-order chi connectivity index (χ0) is 13.4. The van der Waals surface area contributed by atoms with E-state index in [4.69, 9.17) is 4.74 Å². The van der Waals surface area contributed by atoms with Crippen molar-refractivity contribution in [2.45, 2.75) is 45.4 Å². The van der Waals surface area contributed by atoms with Gasteiger partial charge in [0.15, 0.2) is 0 Å². The molecule has 0 aromatic heterocycles. The summed E-state index contributed by atoms with van der Waals surface area (Å²) in [6.45, 7) is 2.07. The van der Waals surface area contributed by atoms with Gasteiger partial charge in [0.25, 0.3) is 0 Å². The molecule has 1 saturated carbocycles. The maximum atomic E-state index is 11.8. The topological polar surface area (TPSA) is 60.4 Å². The highest BCUT2D eigenvalue weighted by atomic mass is 32.2. The Morgan fingerprint density at radius 2 is 1.89 bits per heavy atom. The van der Waals surface area contributed by atoms with Crippen LogP contribution in [-0.4, -0.2) is 34.1 Å². The van der Waals surface area contributed by atoms with E-state index in [0.717, 1.165) is 12.8 Å². The molecule has 104 valence electrons. The number of ether oxygens (including phenoxy) is 1. The Kier molecular flexibility index (Phi) is 7.16. The third-order valence-electron chi connectivity index (χ3n) is 3.13. The Hall–Kier alpha value is -0.710. The van der Waals surface area contributed by atoms with Crippen LogP contribution >= 0.6 is 0 Å². The van der Waals surface area contributed by atoms with Crippen molar-refractivity contribution in [3.05, 3.63) is 0 Å². The zero-order valence-corrected chi connectivity index (χ0v) is 11.8. The monoisotopic (exact) mass is 274 g/mol. The van der Waals surface area contributed by atoms with E-state index in [-0.39, 0.29) is 30.3 Å². The van der Waals surface area contributed by atoms with E-state index in [0.29, 0.717) is 18.3 Å². The molecule has 0 N–H and O–H groups in total. The minimum atomic E-state index is -1.06. The van der Waals surface area contributed by atoms with Gasteiger partial charge in [0.1, 0.15) is 5.78 Å². The Morgan fingerprint density at radius 1 is 1.22 bits per heavy atom. The lowest BCUT2D eigenvalue weighted by Crippen LogP contribution is -2.18. The number of ketones is 1. The number of hydrogen-bond donors (Lipinski definition) is 0. The predicted octanol–water partition coefficient (Wildman–Crippen LogP) is 1.84. The van der Waals surface area contributed by atoms with E-state index in [2.05, 4.69) is 0 Å². The second kappa shape index (κ2) is 8.40. The average molecular weight is 274 g/mol. The second-order valence-electron chi connectivity index (χ2n) is 4.75. The molecule has 0 amide bonds. The van der Waals surface area contributed by atoms with Gasteiger partial charge >= 0.3 is 5.97 Å². The van der Waals surface area contributed by atoms with E-state index >= 15 is 0 Å². The Labute approximate surface area is 111 Å². The van der Waals surface area contributed by atoms with E-state index in [9.17, 15) is 13.8 Å². The smallest absolute Gasteiger partial charge is 0.306 e. The lowest BCUT2D eigenvalue weighted by molar-refractivity contribution is -0.144. The summed E-state index contributed by atoms with van der Waals surface area (Å²) < 4.78 is 16.5. The van der Waals surface area contributed by atoms with Crippen LogP contribution in [-0.2, 0) is 25.1 Å². The molecule has 1 rings (SSSR count). The molecule has 1 unspecified atom stereocenters. The van der Waals surface area contributed by atoms with Crippen LogP contribution in [0.2, 0.25) is 0 Å². The fourth-order valence-corrected chi connectivity index (χ4v) is 3.71. The van der Waals surface area contributed by atoms with Crippen molar-refractivity contribution in [2.75, 3.05) is 18.1 Å². The van der Waals surface area contributed by atoms with Gasteiger partial charge in [-0.2, -0.15) is 0 Å². The molecule has 0 aromatic carbocycles. The van der Waals surface area contributed by atoms with E-state index in [1.807, 2.05) is 0 Å². The molecule has 0 aliphatic heterocycles. The van der Waals surface area contributed by atoms with Crippen LogP contribution in [0.15, 0.2) is 0 Å². The number of Topliss-reactive ketones (excluding diaryl/α,β-unsaturated/α-hetero) is 1. The number of carbonyl (C=O) groups excluding carboxylic acids is 2. The predicted molar refractivity (Wildman–Crippen MR) is 70.7 cm³/mol. The van der Waals surface area contributed by atoms with Gasteiger partial charge in [-0.1, -0.05) is 12.8 Å². The fraction of sp³-hybridized carbons (Fsp3) is 0.846. The van der Waals surface area contributed by atoms with Crippen molar-refractivity contribution < 1.29 is 18.5 Å². The van der Waals surface area contributed by atoms with E-state index < -0.39 is 10.8 Å². The lowest BCUT2D eigenvalue weighted by atomic mass is 10.1. The van der Waals surface area contributed by atoms with Gasteiger partial charge in [-0.25, -0.2) is 0 Å². The van der Waals surface area contributed by atoms with Gasteiger partial charge in [0.2, 0.25) is 0 Å². The summed E-state index contributed by atoms with van der Waals surface area (Å²) in [4.78, 5) is 22.6. The molecule has 0 heterocycles. The quantitative estimate of drug-likeness (QED) is 0.634. The van der Waals surface area contributed by atoms with Crippen molar-refractivity contribution in [3.8, 4) is 0 Å². The van der Waals surface area contributed by atoms with Gasteiger partial charge in [0, 0.05) is 23.0 Å². The van der Waals surface area contributed by atoms with Crippen LogP contribution in [0.4, 0.5) is 0 Å². The van der Waals surface area contributed by atoms with Gasteiger partial charge in [-0.15, -0.1) is 0 Å². The van der Waals surface area contributed by atoms with Gasteiger partial charge in [0.05, 0.1) is 18.8 Å². The van der Waals surface area contributed by atoms with Crippen LogP contribution < -0.4 is 0 Å². The molecule has 1 atom stereocenters. The normalized spacial score (nSPS) is 17.6. The molecule has 0 radical (unpaired) electrons. The summed E-state index contributed by atoms with van der Waals surface area (Å²) in [7, 11) is -1.06. The summed E-state index contributed by atoms with van der Waals surface area (Å²) in [5.74, 6) is 0.816. The first kappa shape index (κ1) is 15.3. The summed E-state index contributed by atoms with van der Waals surface area (Å²) in [6.07, 6.45) is 4.98. The minimum Gasteiger partial charge on any atom is -0.466 e. The highest BCUT2D eigenvalue weighted by Gasteiger charge is 2.19. The third-order valence-corrected chi connectivity index (χ3v) is 4.62. The van der Waals surface area contributed by atoms with Crippen LogP contribution in [0.25, 0.3) is 0 Å². The molecule has 1 aliphatic carbocycles. The Balaban J connectivity index is 2.14. The number of hydrogen-bond acceptors (Lipinski definition) is 4. The highest BCUT2D eigenvalue weighted by molar-refractivity contribution is 7.85. The minimum absolute atomic E-state index is 0.0932. The molecule has 0 spiro atoms. The zero-order valence-electron chi connectivity index (χ0n) is 11.0. The Bertz CT molecular complexity index is 308. The number of carbonyl (C=O) groups is 2. The lowest BCUT2D eigenvalue weighted by Gasteiger charge is -2.07. The molecule has 0 saturated heterocycles. The SMILES string of the molecule is CCOC(=O)CCC(=O)CS(=O)CC1CCCC1. The molecule has 18 heavy (non-hydrogen) atoms. The molecule has 0 bridgehead atoms. The summed E-state index contributed by atoms with van der Waals surface area (Å²) >= 11 is 0. The first-order valence-corrected chi connectivity index (χ1v) is 8.13. The van der Waals surface area contributed by atoms with Crippen molar-refractivity contribution >= 4 is 22.6 Å². The standard InChI is InChI=1S/C13H22O4S/c1-2-17-13(15)8-7-12(14)10-18(16)9-11-5-3-4-6-11/h11H,2-10H2,1H3. The Morgan fingerprint density at radius 3 is 2.50 bits per heavy atom. The highest BCUT2D eigenvalue weighted by Crippen LogP contribution is 2.25. The van der Waals surface area contributed by atoms with Gasteiger partial charge < -0.3 is 4.74 Å². The largest absolute Gasteiger partial charge is 0.466 e. The molecule has 5 heteroatoms. The molecule has 4 nitrogen and oxygen atoms in total. The average Bonchev–Trinajstić information content (AvgIpc) is 2.79. The van der Waals surface area contributed by atoms with Crippen LogP contribution in [0, 0.1) is 5.92 Å². The number of esters is 1. The van der Waals surface area contributed by atoms with E-state index in [1.54, 1.807) is 6.92 Å². The summed E-state index contributed by atoms with van der Waals surface area (Å²) in [6, 6.07) is 0. The summed E-state index contributed by atoms with van der Waals surface area (Å²) in [5, 5.41) is 0. The second-order valence-corrected chi connectivity index (χ2v) is 6.25. The molecule has 0 aromatic rings. The first-order valence-electron chi connectivity index (χ1n) is 6.64. The fourth-order valence-electron chi connectivity index (χ4n) is 2.23. The van der Waals surface area contributed by atoms with E-state index in [1.165, 1.54) is 12.8 Å². The molecule has 1 aliphatic rings. The van der Waals surface area contributed by atoms with Crippen molar-refractivity contribution in [3.63, 3.8) is 0 Å². The molecular formula is C13H22O4S. The van der Waals surface area contributed by atoms with Gasteiger partial charge in [-0.3, -0.25) is 13.8 Å². The maximum Gasteiger partial charge on any atom is 0.306 e. The first-order chi connectivity index (χ1) is 8.61. The molecular weight excluding hydrogens is 252 g/mol. The number of rotatable bonds is 8. The summed E-state index contributed by atoms with van der Waals surface area (Å²) in [5.41, 5.74) is 0. The van der Waals surface area contributed by atoms with Crippen molar-refractivity contribution in [1.29, 1.82) is 0 Å². The molecule has 1 fully saturated rings.